The van der Waals surface area contributed by atoms with Crippen LogP contribution in [0.2, 0.25) is 0 Å². The third kappa shape index (κ3) is 10.9. The fourth-order valence-electron chi connectivity index (χ4n) is 4.49. The molecule has 2 aromatic rings. The quantitative estimate of drug-likeness (QED) is 0.191. The molecule has 1 atom stereocenters. The number of ether oxygens (including phenoxy) is 2. The van der Waals surface area contributed by atoms with Crippen molar-refractivity contribution in [2.45, 2.75) is 97.4 Å². The second kappa shape index (κ2) is 17.7. The van der Waals surface area contributed by atoms with Crippen LogP contribution in [0.4, 0.5) is 11.4 Å². The largest absolute Gasteiger partial charge is 0.497 e. The van der Waals surface area contributed by atoms with Gasteiger partial charge in [-0.15, -0.1) is 0 Å². The Bertz CT molecular complexity index is 867. The van der Waals surface area contributed by atoms with Gasteiger partial charge in [0.05, 0.1) is 19.9 Å². The lowest BCUT2D eigenvalue weighted by molar-refractivity contribution is -0.120. The summed E-state index contributed by atoms with van der Waals surface area (Å²) in [5.74, 6) is 1.83. The summed E-state index contributed by atoms with van der Waals surface area (Å²) in [4.78, 5) is 13.1. The monoisotopic (exact) mass is 496 g/mol. The number of hydrogen-bond donors (Lipinski definition) is 2. The zero-order valence-corrected chi connectivity index (χ0v) is 23.0. The maximum Gasteiger partial charge on any atom is 0.227 e. The number of amides is 1. The van der Waals surface area contributed by atoms with E-state index in [9.17, 15) is 4.79 Å². The van der Waals surface area contributed by atoms with Gasteiger partial charge in [0.25, 0.3) is 0 Å². The van der Waals surface area contributed by atoms with Crippen LogP contribution >= 0.6 is 0 Å². The van der Waals surface area contributed by atoms with Gasteiger partial charge in [0.2, 0.25) is 5.91 Å². The van der Waals surface area contributed by atoms with Crippen molar-refractivity contribution >= 4 is 17.3 Å². The van der Waals surface area contributed by atoms with Crippen molar-refractivity contribution in [1.82, 2.24) is 0 Å². The van der Waals surface area contributed by atoms with Gasteiger partial charge >= 0.3 is 0 Å². The van der Waals surface area contributed by atoms with Crippen LogP contribution in [0.15, 0.2) is 42.5 Å². The SMILES string of the molecule is CCCCCCCCC(CCCCCC)C(=O)Nc1ccc(CNc2cc(OC)ccc2OC)cc1. The maximum atomic E-state index is 13.1. The van der Waals surface area contributed by atoms with Crippen molar-refractivity contribution in [2.24, 2.45) is 5.92 Å². The zero-order valence-electron chi connectivity index (χ0n) is 23.0. The summed E-state index contributed by atoms with van der Waals surface area (Å²) in [5.41, 5.74) is 2.88. The highest BCUT2D eigenvalue weighted by atomic mass is 16.5. The molecule has 1 unspecified atom stereocenters. The fourth-order valence-corrected chi connectivity index (χ4v) is 4.49. The number of carbonyl (C=O) groups is 1. The zero-order chi connectivity index (χ0) is 26.0. The minimum Gasteiger partial charge on any atom is -0.497 e. The molecule has 0 heterocycles. The molecule has 2 aromatic carbocycles. The van der Waals surface area contributed by atoms with Gasteiger partial charge in [-0.3, -0.25) is 4.79 Å². The highest BCUT2D eigenvalue weighted by Gasteiger charge is 2.18. The molecule has 5 nitrogen and oxygen atoms in total. The van der Waals surface area contributed by atoms with Crippen molar-refractivity contribution in [1.29, 1.82) is 0 Å². The average Bonchev–Trinajstić information content (AvgIpc) is 2.91. The molecular formula is C31H48N2O3. The van der Waals surface area contributed by atoms with E-state index in [4.69, 9.17) is 9.47 Å². The summed E-state index contributed by atoms with van der Waals surface area (Å²) in [6.07, 6.45) is 14.4. The predicted molar refractivity (Wildman–Crippen MR) is 152 cm³/mol. The summed E-state index contributed by atoms with van der Waals surface area (Å²) in [7, 11) is 3.32. The minimum atomic E-state index is 0.106. The molecule has 0 spiro atoms. The number of hydrogen-bond acceptors (Lipinski definition) is 4. The molecule has 0 aliphatic heterocycles. The van der Waals surface area contributed by atoms with E-state index in [-0.39, 0.29) is 11.8 Å². The van der Waals surface area contributed by atoms with Gasteiger partial charge in [-0.2, -0.15) is 0 Å². The van der Waals surface area contributed by atoms with Crippen molar-refractivity contribution in [3.63, 3.8) is 0 Å². The number of nitrogens with one attached hydrogen (secondary N) is 2. The molecule has 1 amide bonds. The van der Waals surface area contributed by atoms with Crippen LogP contribution < -0.4 is 20.1 Å². The Morgan fingerprint density at radius 1 is 0.778 bits per heavy atom. The Kier molecular flexibility index (Phi) is 14.5. The van der Waals surface area contributed by atoms with Crippen LogP contribution in [0.3, 0.4) is 0 Å². The summed E-state index contributed by atoms with van der Waals surface area (Å²) in [5, 5.41) is 6.60. The lowest BCUT2D eigenvalue weighted by Crippen LogP contribution is -2.23. The standard InChI is InChI=1S/C31H48N2O3/c1-5-7-9-11-12-14-16-26(15-13-10-8-6-2)31(34)33-27-19-17-25(18-20-27)24-32-29-23-28(35-3)21-22-30(29)36-4/h17-23,26,32H,5-16,24H2,1-4H3,(H,33,34). The Morgan fingerprint density at radius 3 is 2.00 bits per heavy atom. The van der Waals surface area contributed by atoms with Gasteiger partial charge in [-0.1, -0.05) is 90.2 Å². The van der Waals surface area contributed by atoms with E-state index in [1.807, 2.05) is 30.3 Å². The second-order valence-corrected chi connectivity index (χ2v) is 9.71. The van der Waals surface area contributed by atoms with Gasteiger partial charge in [0, 0.05) is 24.2 Å². The third-order valence-electron chi connectivity index (χ3n) is 6.79. The average molecular weight is 497 g/mol. The van der Waals surface area contributed by atoms with Crippen LogP contribution in [0, 0.1) is 5.92 Å². The van der Waals surface area contributed by atoms with Crippen molar-refractivity contribution in [3.05, 3.63) is 48.0 Å². The van der Waals surface area contributed by atoms with Crippen LogP contribution in [0.1, 0.15) is 96.5 Å². The fraction of sp³-hybridized carbons (Fsp3) is 0.581. The van der Waals surface area contributed by atoms with Crippen LogP contribution in [0.25, 0.3) is 0 Å². The Morgan fingerprint density at radius 2 is 1.39 bits per heavy atom. The molecule has 0 aromatic heterocycles. The van der Waals surface area contributed by atoms with Gasteiger partial charge in [0.1, 0.15) is 11.5 Å². The summed E-state index contributed by atoms with van der Waals surface area (Å²) >= 11 is 0. The normalized spacial score (nSPS) is 11.7. The van der Waals surface area contributed by atoms with E-state index in [1.165, 1.54) is 51.4 Å². The summed E-state index contributed by atoms with van der Waals surface area (Å²) < 4.78 is 10.8. The van der Waals surface area contributed by atoms with Crippen molar-refractivity contribution in [2.75, 3.05) is 24.9 Å². The number of anilines is 2. The first kappa shape index (κ1) is 29.5. The third-order valence-corrected chi connectivity index (χ3v) is 6.79. The van der Waals surface area contributed by atoms with E-state index in [0.29, 0.717) is 6.54 Å². The second-order valence-electron chi connectivity index (χ2n) is 9.71. The molecule has 0 radical (unpaired) electrons. The molecule has 36 heavy (non-hydrogen) atoms. The number of rotatable bonds is 19. The highest BCUT2D eigenvalue weighted by Crippen LogP contribution is 2.29. The Labute approximate surface area is 219 Å². The molecule has 2 rings (SSSR count). The Balaban J connectivity index is 1.89. The predicted octanol–water partition coefficient (Wildman–Crippen LogP) is 8.59. The topological polar surface area (TPSA) is 59.6 Å². The molecule has 0 saturated carbocycles. The molecule has 0 bridgehead atoms. The van der Waals surface area contributed by atoms with Crippen LogP contribution in [-0.4, -0.2) is 20.1 Å². The first-order valence-corrected chi connectivity index (χ1v) is 14.0. The van der Waals surface area contributed by atoms with Gasteiger partial charge in [-0.05, 0) is 42.7 Å². The van der Waals surface area contributed by atoms with Crippen molar-refractivity contribution in [3.8, 4) is 11.5 Å². The molecule has 0 saturated heterocycles. The van der Waals surface area contributed by atoms with Gasteiger partial charge in [-0.25, -0.2) is 0 Å². The summed E-state index contributed by atoms with van der Waals surface area (Å²) in [6, 6.07) is 13.8. The molecule has 200 valence electrons. The van der Waals surface area contributed by atoms with Crippen molar-refractivity contribution < 1.29 is 14.3 Å². The highest BCUT2D eigenvalue weighted by molar-refractivity contribution is 5.92. The molecule has 2 N–H and O–H groups in total. The maximum absolute atomic E-state index is 13.1. The van der Waals surface area contributed by atoms with E-state index >= 15 is 0 Å². The van der Waals surface area contributed by atoms with Gasteiger partial charge in [0.15, 0.2) is 0 Å². The number of carbonyl (C=O) groups excluding carboxylic acids is 1. The van der Waals surface area contributed by atoms with Crippen LogP contribution in [0.5, 0.6) is 11.5 Å². The Hall–Kier alpha value is -2.69. The van der Waals surface area contributed by atoms with E-state index < -0.39 is 0 Å². The number of benzene rings is 2. The first-order valence-electron chi connectivity index (χ1n) is 14.0. The molecule has 0 aliphatic rings. The molecule has 5 heteroatoms. The lowest BCUT2D eigenvalue weighted by atomic mass is 9.93. The first-order chi connectivity index (χ1) is 17.6. The molecule has 0 aliphatic carbocycles. The summed E-state index contributed by atoms with van der Waals surface area (Å²) in [6.45, 7) is 5.13. The van der Waals surface area contributed by atoms with E-state index in [2.05, 4.69) is 36.6 Å². The van der Waals surface area contributed by atoms with Gasteiger partial charge < -0.3 is 20.1 Å². The van der Waals surface area contributed by atoms with E-state index in [1.54, 1.807) is 14.2 Å². The van der Waals surface area contributed by atoms with E-state index in [0.717, 1.165) is 54.1 Å². The lowest BCUT2D eigenvalue weighted by Gasteiger charge is -2.17. The minimum absolute atomic E-state index is 0.106. The number of methoxy groups -OCH3 is 2. The smallest absolute Gasteiger partial charge is 0.227 e. The number of unbranched alkanes of at least 4 members (excludes halogenated alkanes) is 8. The molecular weight excluding hydrogens is 448 g/mol. The van der Waals surface area contributed by atoms with Crippen LogP contribution in [-0.2, 0) is 11.3 Å². The molecule has 0 fully saturated rings.